The van der Waals surface area contributed by atoms with Crippen molar-refractivity contribution < 1.29 is 28.6 Å². The van der Waals surface area contributed by atoms with Gasteiger partial charge in [0.2, 0.25) is 0 Å². The van der Waals surface area contributed by atoms with Crippen molar-refractivity contribution in [3.63, 3.8) is 0 Å². The number of ether oxygens (including phenoxy) is 3. The van der Waals surface area contributed by atoms with Crippen LogP contribution in [0, 0.1) is 11.8 Å². The second-order valence-corrected chi connectivity index (χ2v) is 21.0. The summed E-state index contributed by atoms with van der Waals surface area (Å²) in [6.07, 6.45) is 55.2. The molecule has 1 unspecified atom stereocenters. The Labute approximate surface area is 406 Å². The number of hydrogen-bond acceptors (Lipinski definition) is 6. The molecule has 386 valence electrons. The quantitative estimate of drug-likeness (QED) is 0.0344. The lowest BCUT2D eigenvalue weighted by molar-refractivity contribution is -0.167. The third-order valence-corrected chi connectivity index (χ3v) is 13.8. The molecule has 0 amide bonds. The Morgan fingerprint density at radius 2 is 0.585 bits per heavy atom. The Kier molecular flexibility index (Phi) is 50.5. The van der Waals surface area contributed by atoms with Gasteiger partial charge in [0, 0.05) is 19.3 Å². The van der Waals surface area contributed by atoms with Gasteiger partial charge in [-0.05, 0) is 31.1 Å². The molecule has 0 aromatic heterocycles. The first-order valence-corrected chi connectivity index (χ1v) is 29.3. The van der Waals surface area contributed by atoms with Crippen LogP contribution in [-0.2, 0) is 28.6 Å². The lowest BCUT2D eigenvalue weighted by atomic mass is 9.99. The molecule has 0 rings (SSSR count). The highest BCUT2D eigenvalue weighted by molar-refractivity contribution is 5.71. The minimum Gasteiger partial charge on any atom is -0.462 e. The molecule has 0 saturated heterocycles. The van der Waals surface area contributed by atoms with E-state index in [0.717, 1.165) is 69.6 Å². The number of unbranched alkanes of at least 4 members (excludes halogenated alkanes) is 37. The second-order valence-electron chi connectivity index (χ2n) is 21.0. The maximum atomic E-state index is 12.9. The topological polar surface area (TPSA) is 78.9 Å². The van der Waals surface area contributed by atoms with Crippen molar-refractivity contribution in [2.45, 2.75) is 336 Å². The minimum absolute atomic E-state index is 0.0629. The molecule has 0 aromatic carbocycles. The summed E-state index contributed by atoms with van der Waals surface area (Å²) in [6, 6.07) is 0. The summed E-state index contributed by atoms with van der Waals surface area (Å²) < 4.78 is 16.9. The van der Waals surface area contributed by atoms with Crippen molar-refractivity contribution in [1.29, 1.82) is 0 Å². The summed E-state index contributed by atoms with van der Waals surface area (Å²) in [5.74, 6) is 0.864. The van der Waals surface area contributed by atoms with Gasteiger partial charge in [0.15, 0.2) is 6.10 Å². The molecule has 0 fully saturated rings. The third-order valence-electron chi connectivity index (χ3n) is 13.8. The molecule has 0 N–H and O–H groups in total. The summed E-state index contributed by atoms with van der Waals surface area (Å²) in [4.78, 5) is 38.1. The Morgan fingerprint density at radius 3 is 0.877 bits per heavy atom. The Bertz CT molecular complexity index is 995. The van der Waals surface area contributed by atoms with Gasteiger partial charge in [-0.2, -0.15) is 0 Å². The van der Waals surface area contributed by atoms with Gasteiger partial charge in [-0.3, -0.25) is 14.4 Å². The highest BCUT2D eigenvalue weighted by Crippen LogP contribution is 2.19. The molecular weight excluding hydrogens is 805 g/mol. The van der Waals surface area contributed by atoms with Gasteiger partial charge in [-0.15, -0.1) is 0 Å². The van der Waals surface area contributed by atoms with Crippen LogP contribution < -0.4 is 0 Å². The maximum Gasteiger partial charge on any atom is 0.306 e. The van der Waals surface area contributed by atoms with E-state index in [-0.39, 0.29) is 31.1 Å². The fourth-order valence-corrected chi connectivity index (χ4v) is 9.02. The number of hydrogen-bond donors (Lipinski definition) is 0. The molecule has 6 heteroatoms. The predicted molar refractivity (Wildman–Crippen MR) is 280 cm³/mol. The van der Waals surface area contributed by atoms with Gasteiger partial charge in [0.05, 0.1) is 0 Å². The van der Waals surface area contributed by atoms with Crippen LogP contribution in [0.1, 0.15) is 330 Å². The lowest BCUT2D eigenvalue weighted by Crippen LogP contribution is -2.30. The van der Waals surface area contributed by atoms with Crippen LogP contribution in [0.25, 0.3) is 0 Å². The number of carbonyl (C=O) groups is 3. The Morgan fingerprint density at radius 1 is 0.323 bits per heavy atom. The van der Waals surface area contributed by atoms with E-state index in [9.17, 15) is 14.4 Å². The van der Waals surface area contributed by atoms with Crippen molar-refractivity contribution in [3.05, 3.63) is 0 Å². The summed E-state index contributed by atoms with van der Waals surface area (Å²) in [5.41, 5.74) is 0. The van der Waals surface area contributed by atoms with E-state index in [0.29, 0.717) is 19.3 Å². The first-order chi connectivity index (χ1) is 31.8. The molecular formula is C59H114O6. The van der Waals surface area contributed by atoms with Gasteiger partial charge in [0.25, 0.3) is 0 Å². The average molecular weight is 920 g/mol. The van der Waals surface area contributed by atoms with Crippen molar-refractivity contribution in [1.82, 2.24) is 0 Å². The number of esters is 3. The molecule has 0 saturated carbocycles. The van der Waals surface area contributed by atoms with Crippen molar-refractivity contribution >= 4 is 17.9 Å². The summed E-state index contributed by atoms with van der Waals surface area (Å²) in [7, 11) is 0. The van der Waals surface area contributed by atoms with E-state index >= 15 is 0 Å². The van der Waals surface area contributed by atoms with Crippen LogP contribution in [0.5, 0.6) is 0 Å². The highest BCUT2D eigenvalue weighted by atomic mass is 16.6. The summed E-state index contributed by atoms with van der Waals surface area (Å²) in [5, 5.41) is 0. The van der Waals surface area contributed by atoms with Crippen molar-refractivity contribution in [2.75, 3.05) is 13.2 Å². The normalized spacial score (nSPS) is 12.5. The van der Waals surface area contributed by atoms with Gasteiger partial charge in [0.1, 0.15) is 13.2 Å². The van der Waals surface area contributed by atoms with E-state index in [1.165, 1.54) is 218 Å². The lowest BCUT2D eigenvalue weighted by Gasteiger charge is -2.18. The largest absolute Gasteiger partial charge is 0.462 e. The highest BCUT2D eigenvalue weighted by Gasteiger charge is 2.19. The molecule has 0 radical (unpaired) electrons. The van der Waals surface area contributed by atoms with Crippen molar-refractivity contribution in [2.24, 2.45) is 11.8 Å². The third kappa shape index (κ3) is 51.6. The number of carbonyl (C=O) groups excluding carboxylic acids is 3. The standard InChI is InChI=1S/C59H114O6/c1-6-8-9-10-11-12-13-14-15-16-17-22-25-30-36-41-46-51-59(62)65-56(53-64-58(61)50-45-40-35-31-26-27-32-37-42-47-54(3)4)52-63-57(60)49-44-39-34-29-24-21-19-18-20-23-28-33-38-43-48-55(5)7-2/h54-56H,6-53H2,1-5H3/t55?,56-/m0/s1. The maximum absolute atomic E-state index is 12.9. The second kappa shape index (κ2) is 51.8. The molecule has 0 aliphatic carbocycles. The zero-order valence-electron chi connectivity index (χ0n) is 44.6. The van der Waals surface area contributed by atoms with Gasteiger partial charge in [-0.25, -0.2) is 0 Å². The van der Waals surface area contributed by atoms with Gasteiger partial charge >= 0.3 is 17.9 Å². The Balaban J connectivity index is 4.28. The van der Waals surface area contributed by atoms with Crippen LogP contribution in [0.2, 0.25) is 0 Å². The van der Waals surface area contributed by atoms with Crippen LogP contribution >= 0.6 is 0 Å². The average Bonchev–Trinajstić information content (AvgIpc) is 3.29. The van der Waals surface area contributed by atoms with E-state index in [2.05, 4.69) is 34.6 Å². The fourth-order valence-electron chi connectivity index (χ4n) is 9.02. The number of rotatable bonds is 53. The fraction of sp³-hybridized carbons (Fsp3) is 0.949. The molecule has 0 heterocycles. The van der Waals surface area contributed by atoms with E-state index < -0.39 is 6.10 Å². The van der Waals surface area contributed by atoms with E-state index in [1.807, 2.05) is 0 Å². The molecule has 65 heavy (non-hydrogen) atoms. The van der Waals surface area contributed by atoms with Gasteiger partial charge in [-0.1, -0.05) is 291 Å². The van der Waals surface area contributed by atoms with Crippen molar-refractivity contribution in [3.8, 4) is 0 Å². The SMILES string of the molecule is CCCCCCCCCCCCCCCCCCCC(=O)O[C@@H](COC(=O)CCCCCCCCCCCCCCCCC(C)CC)COC(=O)CCCCCCCCCCCC(C)C. The molecule has 0 spiro atoms. The first kappa shape index (κ1) is 63.4. The molecule has 0 aliphatic heterocycles. The Hall–Kier alpha value is -1.59. The van der Waals surface area contributed by atoms with E-state index in [1.54, 1.807) is 0 Å². The summed E-state index contributed by atoms with van der Waals surface area (Å²) in [6.45, 7) is 11.4. The van der Waals surface area contributed by atoms with Crippen LogP contribution in [0.4, 0.5) is 0 Å². The van der Waals surface area contributed by atoms with Crippen LogP contribution in [0.15, 0.2) is 0 Å². The smallest absolute Gasteiger partial charge is 0.306 e. The molecule has 6 nitrogen and oxygen atoms in total. The molecule has 0 aromatic rings. The molecule has 0 bridgehead atoms. The molecule has 0 aliphatic rings. The summed E-state index contributed by atoms with van der Waals surface area (Å²) >= 11 is 0. The zero-order chi connectivity index (χ0) is 47.5. The van der Waals surface area contributed by atoms with Crippen LogP contribution in [-0.4, -0.2) is 37.2 Å². The zero-order valence-corrected chi connectivity index (χ0v) is 44.6. The predicted octanol–water partition coefficient (Wildman–Crippen LogP) is 19.3. The minimum atomic E-state index is -0.763. The monoisotopic (exact) mass is 919 g/mol. The van der Waals surface area contributed by atoms with Crippen LogP contribution in [0.3, 0.4) is 0 Å². The van der Waals surface area contributed by atoms with E-state index in [4.69, 9.17) is 14.2 Å². The van der Waals surface area contributed by atoms with Gasteiger partial charge < -0.3 is 14.2 Å². The first-order valence-electron chi connectivity index (χ1n) is 29.3. The molecule has 2 atom stereocenters.